The number of hydrogen-bond acceptors (Lipinski definition) is 5. The molecule has 0 unspecified atom stereocenters. The van der Waals surface area contributed by atoms with Gasteiger partial charge in [0.1, 0.15) is 17.2 Å². The van der Waals surface area contributed by atoms with Gasteiger partial charge in [-0.1, -0.05) is 60.7 Å². The average molecular weight is 504 g/mol. The van der Waals surface area contributed by atoms with E-state index >= 15 is 0 Å². The normalized spacial score (nSPS) is 11.2. The number of ether oxygens (including phenoxy) is 3. The Morgan fingerprint density at radius 1 is 0.833 bits per heavy atom. The molecule has 8 heteroatoms. The van der Waals surface area contributed by atoms with Gasteiger partial charge in [-0.05, 0) is 58.7 Å². The van der Waals surface area contributed by atoms with Crippen LogP contribution in [0.4, 0.5) is 0 Å². The molecule has 0 aliphatic carbocycles. The third kappa shape index (κ3) is 6.27. The van der Waals surface area contributed by atoms with E-state index in [1.807, 2.05) is 60.7 Å². The Kier molecular flexibility index (Phi) is 7.98. The Morgan fingerprint density at radius 3 is 2.19 bits per heavy atom. The van der Waals surface area contributed by atoms with Crippen molar-refractivity contribution >= 4 is 13.1 Å². The first kappa shape index (κ1) is 25.4. The van der Waals surface area contributed by atoms with Crippen LogP contribution in [0.1, 0.15) is 21.5 Å². The molecule has 184 valence electrons. The van der Waals surface area contributed by atoms with Crippen LogP contribution in [0.15, 0.2) is 97.1 Å². The summed E-state index contributed by atoms with van der Waals surface area (Å²) in [5.41, 5.74) is 1.63. The van der Waals surface area contributed by atoms with Crippen molar-refractivity contribution in [3.8, 4) is 28.4 Å². The predicted octanol–water partition coefficient (Wildman–Crippen LogP) is 6.04. The van der Waals surface area contributed by atoms with Gasteiger partial charge in [-0.2, -0.15) is 0 Å². The highest BCUT2D eigenvalue weighted by Gasteiger charge is 2.29. The summed E-state index contributed by atoms with van der Waals surface area (Å²) in [5, 5.41) is 0. The molecule has 0 saturated carbocycles. The second-order valence-electron chi connectivity index (χ2n) is 8.00. The van der Waals surface area contributed by atoms with Crippen molar-refractivity contribution in [2.24, 2.45) is 0 Å². The maximum atomic E-state index is 12.4. The first-order chi connectivity index (χ1) is 17.3. The third-order valence-electron chi connectivity index (χ3n) is 5.42. The van der Waals surface area contributed by atoms with E-state index in [0.717, 1.165) is 16.9 Å². The monoisotopic (exact) mass is 504 g/mol. The van der Waals surface area contributed by atoms with Crippen molar-refractivity contribution in [3.05, 3.63) is 114 Å². The number of carbonyl (C=O) groups is 1. The topological polar surface area (TPSA) is 102 Å². The van der Waals surface area contributed by atoms with Gasteiger partial charge in [0.25, 0.3) is 5.52 Å². The highest BCUT2D eigenvalue weighted by molar-refractivity contribution is 7.70. The minimum atomic E-state index is -4.94. The van der Waals surface area contributed by atoms with Crippen LogP contribution in [-0.4, -0.2) is 29.2 Å². The van der Waals surface area contributed by atoms with Crippen LogP contribution in [-0.2, 0) is 15.7 Å². The molecule has 0 aliphatic rings. The van der Waals surface area contributed by atoms with Crippen molar-refractivity contribution in [1.82, 2.24) is 0 Å². The number of hydrogen-bond donors (Lipinski definition) is 2. The molecule has 0 atom stereocenters. The molecule has 4 aromatic carbocycles. The van der Waals surface area contributed by atoms with E-state index in [-0.39, 0.29) is 12.4 Å². The SMILES string of the molecule is COCOc1ccc(-c2ccccc2C(=O)P(=O)(O)O)cc1Cc1ccc(Oc2ccccc2)cc1. The molecule has 0 saturated heterocycles. The molecule has 2 N–H and O–H groups in total. The van der Waals surface area contributed by atoms with E-state index in [4.69, 9.17) is 14.2 Å². The minimum absolute atomic E-state index is 0.0373. The number of benzene rings is 4. The molecule has 0 aliphatic heterocycles. The van der Waals surface area contributed by atoms with Crippen LogP contribution in [0.3, 0.4) is 0 Å². The summed E-state index contributed by atoms with van der Waals surface area (Å²) in [6, 6.07) is 28.9. The molecule has 36 heavy (non-hydrogen) atoms. The Bertz CT molecular complexity index is 1380. The summed E-state index contributed by atoms with van der Waals surface area (Å²) in [5.74, 6) is 2.06. The lowest BCUT2D eigenvalue weighted by Crippen LogP contribution is -2.04. The fourth-order valence-corrected chi connectivity index (χ4v) is 4.26. The molecular formula is C28H25O7P. The zero-order valence-corrected chi connectivity index (χ0v) is 20.4. The molecule has 0 fully saturated rings. The second-order valence-corrected chi connectivity index (χ2v) is 9.50. The lowest BCUT2D eigenvalue weighted by atomic mass is 9.95. The zero-order valence-electron chi connectivity index (χ0n) is 19.5. The van der Waals surface area contributed by atoms with E-state index in [1.54, 1.807) is 30.3 Å². The van der Waals surface area contributed by atoms with Crippen LogP contribution in [0.5, 0.6) is 17.2 Å². The van der Waals surface area contributed by atoms with Gasteiger partial charge in [0.2, 0.25) is 0 Å². The van der Waals surface area contributed by atoms with Gasteiger partial charge < -0.3 is 24.0 Å². The van der Waals surface area contributed by atoms with Crippen LogP contribution < -0.4 is 9.47 Å². The molecule has 4 aromatic rings. The largest absolute Gasteiger partial charge is 0.467 e. The smallest absolute Gasteiger partial charge is 0.396 e. The number of rotatable bonds is 10. The summed E-state index contributed by atoms with van der Waals surface area (Å²) in [7, 11) is -3.41. The lowest BCUT2D eigenvalue weighted by molar-refractivity contribution is 0.0505. The Hall–Kier alpha value is -3.74. The molecule has 0 aromatic heterocycles. The number of para-hydroxylation sites is 1. The second kappa shape index (κ2) is 11.3. The predicted molar refractivity (Wildman–Crippen MR) is 137 cm³/mol. The maximum absolute atomic E-state index is 12.4. The summed E-state index contributed by atoms with van der Waals surface area (Å²) in [6.45, 7) is 0.0590. The molecular weight excluding hydrogens is 479 g/mol. The van der Waals surface area contributed by atoms with Crippen molar-refractivity contribution in [1.29, 1.82) is 0 Å². The molecule has 0 spiro atoms. The van der Waals surface area contributed by atoms with E-state index in [9.17, 15) is 19.1 Å². The summed E-state index contributed by atoms with van der Waals surface area (Å²) >= 11 is 0. The molecule has 0 amide bonds. The van der Waals surface area contributed by atoms with Crippen LogP contribution in [0.2, 0.25) is 0 Å². The molecule has 0 bridgehead atoms. The van der Waals surface area contributed by atoms with Crippen molar-refractivity contribution in [2.75, 3.05) is 13.9 Å². The van der Waals surface area contributed by atoms with E-state index < -0.39 is 13.1 Å². The summed E-state index contributed by atoms with van der Waals surface area (Å²) in [6.07, 6.45) is 0.507. The number of methoxy groups -OCH3 is 1. The molecule has 0 radical (unpaired) electrons. The fourth-order valence-electron chi connectivity index (χ4n) is 3.75. The van der Waals surface area contributed by atoms with E-state index in [2.05, 4.69) is 0 Å². The van der Waals surface area contributed by atoms with Crippen molar-refractivity contribution in [2.45, 2.75) is 6.42 Å². The van der Waals surface area contributed by atoms with Gasteiger partial charge in [0.15, 0.2) is 6.79 Å². The third-order valence-corrected chi connectivity index (χ3v) is 6.19. The van der Waals surface area contributed by atoms with Gasteiger partial charge in [0.05, 0.1) is 0 Å². The van der Waals surface area contributed by atoms with Crippen LogP contribution in [0.25, 0.3) is 11.1 Å². The van der Waals surface area contributed by atoms with Crippen molar-refractivity contribution in [3.63, 3.8) is 0 Å². The quantitative estimate of drug-likeness (QED) is 0.201. The van der Waals surface area contributed by atoms with Gasteiger partial charge in [-0.15, -0.1) is 0 Å². The first-order valence-corrected chi connectivity index (χ1v) is 12.7. The van der Waals surface area contributed by atoms with Gasteiger partial charge >= 0.3 is 7.60 Å². The van der Waals surface area contributed by atoms with Gasteiger partial charge in [-0.25, -0.2) is 0 Å². The zero-order chi connectivity index (χ0) is 25.5. The Balaban J connectivity index is 1.65. The summed E-state index contributed by atoms with van der Waals surface area (Å²) in [4.78, 5) is 31.3. The number of carbonyl (C=O) groups excluding carboxylic acids is 1. The van der Waals surface area contributed by atoms with Gasteiger partial charge in [-0.3, -0.25) is 9.36 Å². The highest BCUT2D eigenvalue weighted by atomic mass is 31.2. The average Bonchev–Trinajstić information content (AvgIpc) is 2.88. The van der Waals surface area contributed by atoms with E-state index in [1.165, 1.54) is 13.2 Å². The van der Waals surface area contributed by atoms with E-state index in [0.29, 0.717) is 29.0 Å². The molecule has 7 nitrogen and oxygen atoms in total. The Labute approximate surface area is 209 Å². The summed E-state index contributed by atoms with van der Waals surface area (Å²) < 4.78 is 28.3. The fraction of sp³-hybridized carbons (Fsp3) is 0.107. The standard InChI is InChI=1S/C28H25O7P/c1-33-19-34-27-16-13-21(25-9-5-6-10-26(25)28(29)36(30,31)32)18-22(27)17-20-11-14-24(15-12-20)35-23-7-3-2-4-8-23/h2-16,18H,17,19H2,1H3,(H2,30,31,32). The van der Waals surface area contributed by atoms with Crippen LogP contribution in [0, 0.1) is 0 Å². The highest BCUT2D eigenvalue weighted by Crippen LogP contribution is 2.42. The minimum Gasteiger partial charge on any atom is -0.467 e. The first-order valence-electron chi connectivity index (χ1n) is 11.1. The lowest BCUT2D eigenvalue weighted by Gasteiger charge is -2.15. The van der Waals surface area contributed by atoms with Gasteiger partial charge in [0, 0.05) is 19.1 Å². The van der Waals surface area contributed by atoms with Crippen molar-refractivity contribution < 1.29 is 33.4 Å². The van der Waals surface area contributed by atoms with Crippen LogP contribution >= 0.6 is 7.60 Å². The molecule has 0 heterocycles. The Morgan fingerprint density at radius 2 is 1.50 bits per heavy atom. The maximum Gasteiger partial charge on any atom is 0.396 e. The molecule has 4 rings (SSSR count).